The zero-order chi connectivity index (χ0) is 41.2. The number of fused-ring (bicyclic) bond motifs is 15. The van der Waals surface area contributed by atoms with E-state index in [1.54, 1.807) is 0 Å². The van der Waals surface area contributed by atoms with Gasteiger partial charge >= 0.3 is 0 Å². The van der Waals surface area contributed by atoms with Gasteiger partial charge in [0.1, 0.15) is 11.2 Å². The molecule has 14 aromatic rings. The third-order valence-corrected chi connectivity index (χ3v) is 13.5. The van der Waals surface area contributed by atoms with Crippen molar-refractivity contribution >= 4 is 97.9 Å². The maximum absolute atomic E-state index is 6.62. The van der Waals surface area contributed by atoms with Crippen LogP contribution in [0.2, 0.25) is 0 Å². The van der Waals surface area contributed by atoms with Gasteiger partial charge in [-0.1, -0.05) is 152 Å². The minimum atomic E-state index is 0.909. The Morgan fingerprint density at radius 2 is 0.778 bits per heavy atom. The van der Waals surface area contributed by atoms with E-state index in [4.69, 9.17) is 4.42 Å². The molecule has 3 aromatic heterocycles. The molecule has 0 saturated carbocycles. The Labute approximate surface area is 361 Å². The van der Waals surface area contributed by atoms with Crippen LogP contribution >= 0.6 is 0 Å². The fourth-order valence-corrected chi connectivity index (χ4v) is 10.8. The van der Waals surface area contributed by atoms with Crippen LogP contribution in [0.15, 0.2) is 223 Å². The predicted octanol–water partition coefficient (Wildman–Crippen LogP) is 16.6. The topological polar surface area (TPSA) is 23.0 Å². The first kappa shape index (κ1) is 34.3. The van der Waals surface area contributed by atoms with E-state index in [-0.39, 0.29) is 0 Å². The summed E-state index contributed by atoms with van der Waals surface area (Å²) in [5.74, 6) is 0. The third-order valence-electron chi connectivity index (χ3n) is 13.5. The second kappa shape index (κ2) is 13.1. The lowest BCUT2D eigenvalue weighted by molar-refractivity contribution is 0.670. The first-order valence-electron chi connectivity index (χ1n) is 21.7. The van der Waals surface area contributed by atoms with E-state index in [0.717, 1.165) is 33.2 Å². The number of para-hydroxylation sites is 5. The summed E-state index contributed by atoms with van der Waals surface area (Å²) >= 11 is 0. The lowest BCUT2D eigenvalue weighted by Gasteiger charge is -2.16. The standard InChI is InChI=1S/C60H36N2O/c1-2-14-39(15-3-1)61-54-25-9-6-18-43(54)52-34-37(28-32-56(52)61)38-29-33-57-53(35-38)44-19-7-10-26-55(44)62(57)40-30-31-48-51(36-40)42-17-5-4-16-41(42)46-21-12-22-47(59(46)48)50-24-13-23-49-45-20-8-11-27-58(45)63-60(49)50/h1-36H. The van der Waals surface area contributed by atoms with Gasteiger partial charge in [0.05, 0.1) is 22.1 Å². The largest absolute Gasteiger partial charge is 0.455 e. The molecular weight excluding hydrogens is 765 g/mol. The van der Waals surface area contributed by atoms with Crippen LogP contribution < -0.4 is 0 Å². The molecule has 14 rings (SSSR count). The number of aromatic nitrogens is 2. The van der Waals surface area contributed by atoms with Gasteiger partial charge in [0.15, 0.2) is 0 Å². The molecule has 0 N–H and O–H groups in total. The zero-order valence-corrected chi connectivity index (χ0v) is 34.1. The Kier molecular flexibility index (Phi) is 7.11. The summed E-state index contributed by atoms with van der Waals surface area (Å²) in [4.78, 5) is 0. The van der Waals surface area contributed by atoms with Crippen LogP contribution in [0.1, 0.15) is 0 Å². The Bertz CT molecular complexity index is 4200. The van der Waals surface area contributed by atoms with E-state index in [2.05, 4.69) is 221 Å². The average Bonchev–Trinajstić information content (AvgIpc) is 4.01. The number of furan rings is 1. The van der Waals surface area contributed by atoms with Gasteiger partial charge in [-0.25, -0.2) is 0 Å². The summed E-state index contributed by atoms with van der Waals surface area (Å²) in [6.45, 7) is 0. The van der Waals surface area contributed by atoms with Gasteiger partial charge in [-0.15, -0.1) is 0 Å². The highest BCUT2D eigenvalue weighted by Crippen LogP contribution is 2.45. The Balaban J connectivity index is 0.971. The zero-order valence-electron chi connectivity index (χ0n) is 34.1. The first-order chi connectivity index (χ1) is 31.3. The number of benzene rings is 11. The van der Waals surface area contributed by atoms with Crippen LogP contribution in [-0.4, -0.2) is 9.13 Å². The molecule has 0 aliphatic rings. The second-order valence-corrected chi connectivity index (χ2v) is 16.8. The third kappa shape index (κ3) is 4.90. The van der Waals surface area contributed by atoms with Crippen LogP contribution in [0.3, 0.4) is 0 Å². The van der Waals surface area contributed by atoms with Crippen LogP contribution in [0, 0.1) is 0 Å². The fraction of sp³-hybridized carbons (Fsp3) is 0. The summed E-state index contributed by atoms with van der Waals surface area (Å²) in [5.41, 5.74) is 13.6. The number of hydrogen-bond acceptors (Lipinski definition) is 1. The smallest absolute Gasteiger partial charge is 0.143 e. The molecule has 63 heavy (non-hydrogen) atoms. The molecule has 0 amide bonds. The normalized spacial score (nSPS) is 12.1. The quantitative estimate of drug-likeness (QED) is 0.163. The monoisotopic (exact) mass is 800 g/mol. The van der Waals surface area contributed by atoms with Crippen molar-refractivity contribution < 1.29 is 4.42 Å². The van der Waals surface area contributed by atoms with Crippen molar-refractivity contribution in [2.75, 3.05) is 0 Å². The van der Waals surface area contributed by atoms with Crippen LogP contribution in [0.4, 0.5) is 0 Å². The van der Waals surface area contributed by atoms with Crippen molar-refractivity contribution in [2.45, 2.75) is 0 Å². The Hall–Kier alpha value is -8.40. The maximum atomic E-state index is 6.62. The van der Waals surface area contributed by atoms with E-state index in [1.165, 1.54) is 98.3 Å². The van der Waals surface area contributed by atoms with E-state index >= 15 is 0 Å². The molecule has 292 valence electrons. The maximum Gasteiger partial charge on any atom is 0.143 e. The van der Waals surface area contributed by atoms with Crippen molar-refractivity contribution in [2.24, 2.45) is 0 Å². The first-order valence-corrected chi connectivity index (χ1v) is 21.7. The molecule has 0 unspecified atom stereocenters. The lowest BCUT2D eigenvalue weighted by atomic mass is 9.89. The Morgan fingerprint density at radius 3 is 1.48 bits per heavy atom. The van der Waals surface area contributed by atoms with Crippen LogP contribution in [0.25, 0.3) is 131 Å². The number of hydrogen-bond donors (Lipinski definition) is 0. The van der Waals surface area contributed by atoms with Crippen molar-refractivity contribution in [3.63, 3.8) is 0 Å². The van der Waals surface area contributed by atoms with Gasteiger partial charge < -0.3 is 13.6 Å². The van der Waals surface area contributed by atoms with E-state index < -0.39 is 0 Å². The number of nitrogens with zero attached hydrogens (tertiary/aromatic N) is 2. The number of rotatable bonds is 4. The highest BCUT2D eigenvalue weighted by molar-refractivity contribution is 6.29. The molecule has 0 saturated heterocycles. The van der Waals surface area contributed by atoms with E-state index in [9.17, 15) is 0 Å². The van der Waals surface area contributed by atoms with Gasteiger partial charge in [0.25, 0.3) is 0 Å². The molecule has 0 bridgehead atoms. The van der Waals surface area contributed by atoms with E-state index in [0.29, 0.717) is 0 Å². The summed E-state index contributed by atoms with van der Waals surface area (Å²) in [6, 6.07) is 79.8. The second-order valence-electron chi connectivity index (χ2n) is 16.8. The SMILES string of the molecule is c1ccc(-n2c3ccccc3c3cc(-c4ccc5c(c4)c4ccccc4n5-c4ccc5c(c4)c4ccccc4c4cccc(-c6cccc7c6oc6ccccc67)c45)ccc32)cc1. The molecule has 3 heteroatoms. The molecule has 11 aromatic carbocycles. The predicted molar refractivity (Wildman–Crippen MR) is 266 cm³/mol. The summed E-state index contributed by atoms with van der Waals surface area (Å²) in [7, 11) is 0. The van der Waals surface area contributed by atoms with Crippen LogP contribution in [0.5, 0.6) is 0 Å². The molecule has 0 atom stereocenters. The van der Waals surface area contributed by atoms with Crippen molar-refractivity contribution in [1.29, 1.82) is 0 Å². The van der Waals surface area contributed by atoms with Crippen molar-refractivity contribution in [3.05, 3.63) is 218 Å². The van der Waals surface area contributed by atoms with Crippen LogP contribution in [-0.2, 0) is 0 Å². The van der Waals surface area contributed by atoms with Gasteiger partial charge in [0.2, 0.25) is 0 Å². The molecule has 0 spiro atoms. The fourth-order valence-electron chi connectivity index (χ4n) is 10.8. The molecule has 0 fully saturated rings. The highest BCUT2D eigenvalue weighted by atomic mass is 16.3. The van der Waals surface area contributed by atoms with Gasteiger partial charge in [0, 0.05) is 49.3 Å². The molecule has 0 radical (unpaired) electrons. The molecule has 3 nitrogen and oxygen atoms in total. The minimum Gasteiger partial charge on any atom is -0.455 e. The van der Waals surface area contributed by atoms with Gasteiger partial charge in [-0.3, -0.25) is 0 Å². The van der Waals surface area contributed by atoms with Gasteiger partial charge in [-0.05, 0) is 116 Å². The Morgan fingerprint density at radius 1 is 0.270 bits per heavy atom. The van der Waals surface area contributed by atoms with E-state index in [1.807, 2.05) is 6.07 Å². The molecule has 3 heterocycles. The molecule has 0 aliphatic carbocycles. The van der Waals surface area contributed by atoms with Gasteiger partial charge in [-0.2, -0.15) is 0 Å². The summed E-state index contributed by atoms with van der Waals surface area (Å²) < 4.78 is 11.4. The highest BCUT2D eigenvalue weighted by Gasteiger charge is 2.20. The molecular formula is C60H36N2O. The lowest BCUT2D eigenvalue weighted by Crippen LogP contribution is -1.95. The average molecular weight is 801 g/mol. The van der Waals surface area contributed by atoms with Crippen molar-refractivity contribution in [3.8, 4) is 33.6 Å². The minimum absolute atomic E-state index is 0.909. The summed E-state index contributed by atoms with van der Waals surface area (Å²) in [6.07, 6.45) is 0. The summed E-state index contributed by atoms with van der Waals surface area (Å²) in [5, 5.41) is 14.7. The van der Waals surface area contributed by atoms with Crippen molar-refractivity contribution in [1.82, 2.24) is 9.13 Å². The molecule has 0 aliphatic heterocycles.